The summed E-state index contributed by atoms with van der Waals surface area (Å²) in [5, 5.41) is 1.90. The van der Waals surface area contributed by atoms with Crippen LogP contribution >= 0.6 is 0 Å². The van der Waals surface area contributed by atoms with Crippen LogP contribution in [0.15, 0.2) is 0 Å². The fourth-order valence-corrected chi connectivity index (χ4v) is 0.987. The molecule has 0 aromatic heterocycles. The van der Waals surface area contributed by atoms with Crippen LogP contribution in [0, 0.1) is 0 Å². The predicted octanol–water partition coefficient (Wildman–Crippen LogP) is 0.531. The first-order chi connectivity index (χ1) is 4.55. The Kier molecular flexibility index (Phi) is 1.99. The number of rotatable bonds is 0. The second kappa shape index (κ2) is 2.49. The minimum Gasteiger partial charge on any atom is -0.296 e. The molecular weight excluding hydrogens is 128 g/mol. The molecule has 1 aliphatic rings. The Morgan fingerprint density at radius 2 is 1.90 bits per heavy atom. The Balaban J connectivity index is 2.63. The molecule has 60 valence electrons. The maximum absolute atomic E-state index is 5.36. The predicted molar refractivity (Wildman–Crippen MR) is 40.4 cm³/mol. The van der Waals surface area contributed by atoms with Crippen LogP contribution in [-0.2, 0) is 4.84 Å². The first-order valence-electron chi connectivity index (χ1n) is 3.63. The zero-order valence-electron chi connectivity index (χ0n) is 7.22. The summed E-state index contributed by atoms with van der Waals surface area (Å²) >= 11 is 0. The van der Waals surface area contributed by atoms with Gasteiger partial charge < -0.3 is 0 Å². The molecule has 1 saturated heterocycles. The van der Waals surface area contributed by atoms with Gasteiger partial charge >= 0.3 is 0 Å². The lowest BCUT2D eigenvalue weighted by Gasteiger charge is -2.45. The van der Waals surface area contributed by atoms with Crippen molar-refractivity contribution in [3.05, 3.63) is 0 Å². The quantitative estimate of drug-likeness (QED) is 0.493. The third-order valence-electron chi connectivity index (χ3n) is 2.42. The molecule has 0 amide bonds. The molecule has 1 rings (SSSR count). The molecule has 0 aliphatic carbocycles. The third-order valence-corrected chi connectivity index (χ3v) is 2.42. The second-order valence-corrected chi connectivity index (χ2v) is 3.25. The molecule has 10 heavy (non-hydrogen) atoms. The average Bonchev–Trinajstić information content (AvgIpc) is 1.84. The molecule has 1 aliphatic heterocycles. The van der Waals surface area contributed by atoms with Crippen molar-refractivity contribution in [1.82, 2.24) is 9.96 Å². The first-order valence-corrected chi connectivity index (χ1v) is 3.63. The van der Waals surface area contributed by atoms with Gasteiger partial charge in [0.25, 0.3) is 0 Å². The molecule has 3 heteroatoms. The Hall–Kier alpha value is -0.120. The van der Waals surface area contributed by atoms with Gasteiger partial charge in [0, 0.05) is 13.6 Å². The van der Waals surface area contributed by atoms with E-state index < -0.39 is 0 Å². The van der Waals surface area contributed by atoms with E-state index in [1.165, 1.54) is 0 Å². The summed E-state index contributed by atoms with van der Waals surface area (Å²) in [6.07, 6.45) is 0. The number of hydroxylamine groups is 2. The standard InChI is InChI=1S/C7H16N2O/c1-7(2)8(3)5-6-10-9(7)4/h5-6H2,1-4H3. The van der Waals surface area contributed by atoms with Crippen molar-refractivity contribution in [2.75, 3.05) is 27.2 Å². The molecule has 0 aromatic rings. The van der Waals surface area contributed by atoms with Crippen LogP contribution < -0.4 is 0 Å². The van der Waals surface area contributed by atoms with Gasteiger partial charge in [0.15, 0.2) is 0 Å². The molecule has 0 radical (unpaired) electrons. The number of likely N-dealkylation sites (N-methyl/N-ethyl adjacent to an activating group) is 1. The van der Waals surface area contributed by atoms with Crippen molar-refractivity contribution < 1.29 is 4.84 Å². The molecule has 1 heterocycles. The van der Waals surface area contributed by atoms with E-state index in [9.17, 15) is 0 Å². The lowest BCUT2D eigenvalue weighted by molar-refractivity contribution is -0.272. The van der Waals surface area contributed by atoms with Gasteiger partial charge in [-0.1, -0.05) is 0 Å². The van der Waals surface area contributed by atoms with Crippen LogP contribution in [0.25, 0.3) is 0 Å². The minimum atomic E-state index is 0.0399. The van der Waals surface area contributed by atoms with E-state index in [1.807, 2.05) is 12.1 Å². The van der Waals surface area contributed by atoms with Gasteiger partial charge in [-0.05, 0) is 20.9 Å². The molecular formula is C7H16N2O. The SMILES string of the molecule is CN1CCON(C)C1(C)C. The summed E-state index contributed by atoms with van der Waals surface area (Å²) in [7, 11) is 4.08. The van der Waals surface area contributed by atoms with E-state index in [0.717, 1.165) is 13.2 Å². The van der Waals surface area contributed by atoms with E-state index >= 15 is 0 Å². The van der Waals surface area contributed by atoms with Gasteiger partial charge in [-0.25, -0.2) is 0 Å². The molecule has 0 N–H and O–H groups in total. The Labute approximate surface area is 62.5 Å². The molecule has 0 unspecified atom stereocenters. The number of nitrogens with zero attached hydrogens (tertiary/aromatic N) is 2. The van der Waals surface area contributed by atoms with Crippen molar-refractivity contribution >= 4 is 0 Å². The fraction of sp³-hybridized carbons (Fsp3) is 1.00. The highest BCUT2D eigenvalue weighted by Crippen LogP contribution is 2.19. The van der Waals surface area contributed by atoms with Gasteiger partial charge in [-0.2, -0.15) is 5.06 Å². The third kappa shape index (κ3) is 1.17. The lowest BCUT2D eigenvalue weighted by Crippen LogP contribution is -2.58. The van der Waals surface area contributed by atoms with Crippen LogP contribution in [0.1, 0.15) is 13.8 Å². The summed E-state index contributed by atoms with van der Waals surface area (Å²) in [5.41, 5.74) is 0.0399. The largest absolute Gasteiger partial charge is 0.296 e. The van der Waals surface area contributed by atoms with Gasteiger partial charge in [0.2, 0.25) is 0 Å². The minimum absolute atomic E-state index is 0.0399. The molecule has 0 aromatic carbocycles. The molecule has 0 spiro atoms. The normalized spacial score (nSPS) is 28.8. The zero-order valence-corrected chi connectivity index (χ0v) is 7.22. The second-order valence-electron chi connectivity index (χ2n) is 3.25. The molecule has 0 bridgehead atoms. The summed E-state index contributed by atoms with van der Waals surface area (Å²) in [6, 6.07) is 0. The van der Waals surface area contributed by atoms with E-state index in [1.54, 1.807) is 0 Å². The highest BCUT2D eigenvalue weighted by Gasteiger charge is 2.32. The Morgan fingerprint density at radius 3 is 2.30 bits per heavy atom. The Bertz CT molecular complexity index is 113. The zero-order chi connectivity index (χ0) is 7.78. The summed E-state index contributed by atoms with van der Waals surface area (Å²) in [6.45, 7) is 6.10. The molecule has 1 fully saturated rings. The van der Waals surface area contributed by atoms with Crippen LogP contribution in [0.4, 0.5) is 0 Å². The maximum Gasteiger partial charge on any atom is 0.0916 e. The molecule has 3 nitrogen and oxygen atoms in total. The average molecular weight is 144 g/mol. The summed E-state index contributed by atoms with van der Waals surface area (Å²) < 4.78 is 0. The first kappa shape index (κ1) is 7.98. The smallest absolute Gasteiger partial charge is 0.0916 e. The monoisotopic (exact) mass is 144 g/mol. The number of hydrogen-bond acceptors (Lipinski definition) is 3. The van der Waals surface area contributed by atoms with Gasteiger partial charge in [-0.3, -0.25) is 9.74 Å². The van der Waals surface area contributed by atoms with Crippen molar-refractivity contribution in [2.24, 2.45) is 0 Å². The van der Waals surface area contributed by atoms with Gasteiger partial charge in [0.1, 0.15) is 0 Å². The van der Waals surface area contributed by atoms with Crippen LogP contribution in [-0.4, -0.2) is 42.9 Å². The van der Waals surface area contributed by atoms with E-state index in [2.05, 4.69) is 25.8 Å². The van der Waals surface area contributed by atoms with Crippen LogP contribution in [0.2, 0.25) is 0 Å². The topological polar surface area (TPSA) is 15.7 Å². The summed E-state index contributed by atoms with van der Waals surface area (Å²) in [5.74, 6) is 0. The molecule has 0 atom stereocenters. The maximum atomic E-state index is 5.36. The van der Waals surface area contributed by atoms with Crippen molar-refractivity contribution in [1.29, 1.82) is 0 Å². The number of hydrogen-bond donors (Lipinski definition) is 0. The van der Waals surface area contributed by atoms with Crippen LogP contribution in [0.5, 0.6) is 0 Å². The highest BCUT2D eigenvalue weighted by atomic mass is 16.7. The van der Waals surface area contributed by atoms with E-state index in [4.69, 9.17) is 4.84 Å². The van der Waals surface area contributed by atoms with E-state index in [-0.39, 0.29) is 5.66 Å². The Morgan fingerprint density at radius 1 is 1.30 bits per heavy atom. The fourth-order valence-electron chi connectivity index (χ4n) is 0.987. The molecule has 0 saturated carbocycles. The lowest BCUT2D eigenvalue weighted by atomic mass is 10.2. The van der Waals surface area contributed by atoms with Crippen molar-refractivity contribution in [3.63, 3.8) is 0 Å². The van der Waals surface area contributed by atoms with Crippen LogP contribution in [0.3, 0.4) is 0 Å². The van der Waals surface area contributed by atoms with Crippen molar-refractivity contribution in [3.8, 4) is 0 Å². The van der Waals surface area contributed by atoms with E-state index in [0.29, 0.717) is 0 Å². The summed E-state index contributed by atoms with van der Waals surface area (Å²) in [4.78, 5) is 7.63. The van der Waals surface area contributed by atoms with Gasteiger partial charge in [0.05, 0.1) is 12.3 Å². The highest BCUT2D eigenvalue weighted by molar-refractivity contribution is 4.76. The van der Waals surface area contributed by atoms with Gasteiger partial charge in [-0.15, -0.1) is 0 Å². The van der Waals surface area contributed by atoms with Crippen molar-refractivity contribution in [2.45, 2.75) is 19.5 Å².